The van der Waals surface area contributed by atoms with Gasteiger partial charge >= 0.3 is 0 Å². The molecular formula is C22H26N2O2. The molecule has 1 N–H and O–H groups in total. The largest absolute Gasteiger partial charge is 0.352 e. The number of aryl methyl sites for hydroxylation is 2. The molecule has 4 nitrogen and oxygen atoms in total. The SMILES string of the molecule is O=C(NCCC(=O)N1CCCC1)c1ccccc1CCc1ccccc1. The summed E-state index contributed by atoms with van der Waals surface area (Å²) in [6.45, 7) is 2.10. The molecule has 1 fully saturated rings. The van der Waals surface area contributed by atoms with E-state index >= 15 is 0 Å². The van der Waals surface area contributed by atoms with Gasteiger partial charge in [-0.2, -0.15) is 0 Å². The lowest BCUT2D eigenvalue weighted by molar-refractivity contribution is -0.129. The van der Waals surface area contributed by atoms with Gasteiger partial charge in [-0.05, 0) is 42.9 Å². The van der Waals surface area contributed by atoms with Crippen LogP contribution in [-0.4, -0.2) is 36.3 Å². The number of nitrogens with zero attached hydrogens (tertiary/aromatic N) is 1. The maximum absolute atomic E-state index is 12.5. The van der Waals surface area contributed by atoms with Crippen LogP contribution in [0.5, 0.6) is 0 Å². The van der Waals surface area contributed by atoms with Gasteiger partial charge in [-0.1, -0.05) is 48.5 Å². The molecule has 0 spiro atoms. The lowest BCUT2D eigenvalue weighted by Crippen LogP contribution is -2.33. The second-order valence-electron chi connectivity index (χ2n) is 6.74. The molecule has 3 rings (SSSR count). The smallest absolute Gasteiger partial charge is 0.251 e. The maximum atomic E-state index is 12.5. The second-order valence-corrected chi connectivity index (χ2v) is 6.74. The summed E-state index contributed by atoms with van der Waals surface area (Å²) in [6.07, 6.45) is 4.27. The number of amides is 2. The van der Waals surface area contributed by atoms with Crippen LogP contribution in [-0.2, 0) is 17.6 Å². The maximum Gasteiger partial charge on any atom is 0.251 e. The fraction of sp³-hybridized carbons (Fsp3) is 0.364. The Labute approximate surface area is 155 Å². The minimum absolute atomic E-state index is 0.0946. The minimum atomic E-state index is -0.0946. The predicted octanol–water partition coefficient (Wildman–Crippen LogP) is 3.21. The third kappa shape index (κ3) is 4.94. The Kier molecular flexibility index (Phi) is 6.42. The Morgan fingerprint density at radius 2 is 1.58 bits per heavy atom. The molecule has 1 saturated heterocycles. The highest BCUT2D eigenvalue weighted by molar-refractivity contribution is 5.95. The molecule has 4 heteroatoms. The molecule has 1 aliphatic heterocycles. The molecule has 1 heterocycles. The summed E-state index contributed by atoms with van der Waals surface area (Å²) in [5, 5.41) is 2.91. The highest BCUT2D eigenvalue weighted by Gasteiger charge is 2.18. The van der Waals surface area contributed by atoms with Crippen molar-refractivity contribution in [1.29, 1.82) is 0 Å². The summed E-state index contributed by atoms with van der Waals surface area (Å²) in [7, 11) is 0. The van der Waals surface area contributed by atoms with Crippen molar-refractivity contribution in [2.45, 2.75) is 32.1 Å². The zero-order valence-electron chi connectivity index (χ0n) is 15.1. The van der Waals surface area contributed by atoms with Crippen LogP contribution in [0.15, 0.2) is 54.6 Å². The zero-order chi connectivity index (χ0) is 18.2. The molecule has 2 amide bonds. The van der Waals surface area contributed by atoms with Crippen LogP contribution in [0, 0.1) is 0 Å². The van der Waals surface area contributed by atoms with E-state index in [2.05, 4.69) is 17.4 Å². The molecule has 0 unspecified atom stereocenters. The topological polar surface area (TPSA) is 49.4 Å². The van der Waals surface area contributed by atoms with Gasteiger partial charge in [0, 0.05) is 31.6 Å². The molecule has 0 saturated carbocycles. The normalized spacial score (nSPS) is 13.6. The third-order valence-electron chi connectivity index (χ3n) is 4.87. The Bertz CT molecular complexity index is 737. The number of hydrogen-bond donors (Lipinski definition) is 1. The average molecular weight is 350 g/mol. The standard InChI is InChI=1S/C22H26N2O2/c25-21(24-16-6-7-17-24)14-15-23-22(26)20-11-5-4-10-19(20)13-12-18-8-2-1-3-9-18/h1-5,8-11H,6-7,12-17H2,(H,23,26). The van der Waals surface area contributed by atoms with Crippen LogP contribution in [0.4, 0.5) is 0 Å². The minimum Gasteiger partial charge on any atom is -0.352 e. The van der Waals surface area contributed by atoms with Crippen LogP contribution in [0.1, 0.15) is 40.7 Å². The highest BCUT2D eigenvalue weighted by Crippen LogP contribution is 2.13. The van der Waals surface area contributed by atoms with Crippen LogP contribution in [0.2, 0.25) is 0 Å². The summed E-state index contributed by atoms with van der Waals surface area (Å²) in [5.74, 6) is 0.0445. The number of likely N-dealkylation sites (tertiary alicyclic amines) is 1. The lowest BCUT2D eigenvalue weighted by atomic mass is 9.99. The van der Waals surface area contributed by atoms with Crippen molar-refractivity contribution >= 4 is 11.8 Å². The van der Waals surface area contributed by atoms with Gasteiger partial charge < -0.3 is 10.2 Å². The molecule has 0 aromatic heterocycles. The van der Waals surface area contributed by atoms with Crippen LogP contribution >= 0.6 is 0 Å². The van der Waals surface area contributed by atoms with Crippen molar-refractivity contribution in [3.8, 4) is 0 Å². The van der Waals surface area contributed by atoms with Gasteiger partial charge in [0.1, 0.15) is 0 Å². The molecular weight excluding hydrogens is 324 g/mol. The quantitative estimate of drug-likeness (QED) is 0.833. The fourth-order valence-electron chi connectivity index (χ4n) is 3.39. The Balaban J connectivity index is 1.52. The molecule has 2 aromatic carbocycles. The van der Waals surface area contributed by atoms with Crippen LogP contribution < -0.4 is 5.32 Å². The predicted molar refractivity (Wildman–Crippen MR) is 103 cm³/mol. The first kappa shape index (κ1) is 18.2. The first-order valence-electron chi connectivity index (χ1n) is 9.42. The number of carbonyl (C=O) groups is 2. The highest BCUT2D eigenvalue weighted by atomic mass is 16.2. The second kappa shape index (κ2) is 9.18. The van der Waals surface area contributed by atoms with Crippen LogP contribution in [0.25, 0.3) is 0 Å². The van der Waals surface area contributed by atoms with Gasteiger partial charge in [-0.25, -0.2) is 0 Å². The van der Waals surface area contributed by atoms with E-state index in [4.69, 9.17) is 0 Å². The van der Waals surface area contributed by atoms with Crippen molar-refractivity contribution in [1.82, 2.24) is 10.2 Å². The number of nitrogens with one attached hydrogen (secondary N) is 1. The molecule has 2 aromatic rings. The monoisotopic (exact) mass is 350 g/mol. The average Bonchev–Trinajstić information content (AvgIpc) is 3.22. The van der Waals surface area contributed by atoms with E-state index in [1.54, 1.807) is 0 Å². The van der Waals surface area contributed by atoms with E-state index in [1.165, 1.54) is 5.56 Å². The summed E-state index contributed by atoms with van der Waals surface area (Å²) in [5.41, 5.74) is 3.01. The van der Waals surface area contributed by atoms with E-state index in [1.807, 2.05) is 47.4 Å². The van der Waals surface area contributed by atoms with E-state index in [0.29, 0.717) is 18.5 Å². The van der Waals surface area contributed by atoms with Gasteiger partial charge in [-0.15, -0.1) is 0 Å². The molecule has 0 aliphatic carbocycles. The van der Waals surface area contributed by atoms with Crippen molar-refractivity contribution in [3.05, 3.63) is 71.3 Å². The first-order chi connectivity index (χ1) is 12.7. The lowest BCUT2D eigenvalue weighted by Gasteiger charge is -2.15. The molecule has 1 aliphatic rings. The molecule has 0 bridgehead atoms. The van der Waals surface area contributed by atoms with E-state index in [9.17, 15) is 9.59 Å². The Morgan fingerprint density at radius 3 is 2.35 bits per heavy atom. The molecule has 0 radical (unpaired) electrons. The number of benzene rings is 2. The summed E-state index contributed by atoms with van der Waals surface area (Å²) < 4.78 is 0. The van der Waals surface area contributed by atoms with Crippen LogP contribution in [0.3, 0.4) is 0 Å². The summed E-state index contributed by atoms with van der Waals surface area (Å²) in [4.78, 5) is 26.5. The molecule has 0 atom stereocenters. The number of rotatable bonds is 7. The summed E-state index contributed by atoms with van der Waals surface area (Å²) >= 11 is 0. The van der Waals surface area contributed by atoms with E-state index in [-0.39, 0.29) is 11.8 Å². The number of hydrogen-bond acceptors (Lipinski definition) is 2. The van der Waals surface area contributed by atoms with Gasteiger partial charge in [0.15, 0.2) is 0 Å². The molecule has 26 heavy (non-hydrogen) atoms. The van der Waals surface area contributed by atoms with Crippen molar-refractivity contribution in [3.63, 3.8) is 0 Å². The van der Waals surface area contributed by atoms with Gasteiger partial charge in [0.2, 0.25) is 5.91 Å². The van der Waals surface area contributed by atoms with Crippen molar-refractivity contribution < 1.29 is 9.59 Å². The Hall–Kier alpha value is -2.62. The molecule has 136 valence electrons. The number of carbonyl (C=O) groups excluding carboxylic acids is 2. The Morgan fingerprint density at radius 1 is 0.885 bits per heavy atom. The van der Waals surface area contributed by atoms with Crippen molar-refractivity contribution in [2.24, 2.45) is 0 Å². The van der Waals surface area contributed by atoms with Gasteiger partial charge in [0.25, 0.3) is 5.91 Å². The van der Waals surface area contributed by atoms with E-state index in [0.717, 1.165) is 44.3 Å². The van der Waals surface area contributed by atoms with Gasteiger partial charge in [-0.3, -0.25) is 9.59 Å². The van der Waals surface area contributed by atoms with E-state index < -0.39 is 0 Å². The fourth-order valence-corrected chi connectivity index (χ4v) is 3.39. The van der Waals surface area contributed by atoms with Gasteiger partial charge in [0.05, 0.1) is 0 Å². The third-order valence-corrected chi connectivity index (χ3v) is 4.87. The first-order valence-corrected chi connectivity index (χ1v) is 9.42. The summed E-state index contributed by atoms with van der Waals surface area (Å²) in [6, 6.07) is 18.0. The van der Waals surface area contributed by atoms with Crippen molar-refractivity contribution in [2.75, 3.05) is 19.6 Å². The zero-order valence-corrected chi connectivity index (χ0v) is 15.1.